The van der Waals surface area contributed by atoms with Crippen molar-refractivity contribution < 1.29 is 9.90 Å². The second kappa shape index (κ2) is 6.87. The van der Waals surface area contributed by atoms with E-state index in [0.29, 0.717) is 5.56 Å². The maximum Gasteiger partial charge on any atom is 0.335 e. The molecule has 2 N–H and O–H groups in total. The lowest BCUT2D eigenvalue weighted by atomic mass is 10.1. The van der Waals surface area contributed by atoms with Crippen LogP contribution in [-0.4, -0.2) is 17.6 Å². The molecule has 0 radical (unpaired) electrons. The number of carbonyl (C=O) groups is 1. The first-order valence-electron chi connectivity index (χ1n) is 6.73. The fourth-order valence-corrected chi connectivity index (χ4v) is 2.10. The molecule has 0 spiro atoms. The summed E-state index contributed by atoms with van der Waals surface area (Å²) in [5.41, 5.74) is 4.04. The van der Waals surface area contributed by atoms with Crippen LogP contribution >= 0.6 is 0 Å². The Kier molecular flexibility index (Phi) is 4.91. The highest BCUT2D eigenvalue weighted by molar-refractivity contribution is 5.87. The van der Waals surface area contributed by atoms with Crippen LogP contribution in [0.15, 0.2) is 48.5 Å². The molecule has 0 bridgehead atoms. The summed E-state index contributed by atoms with van der Waals surface area (Å²) >= 11 is 0. The first-order chi connectivity index (χ1) is 9.65. The Balaban J connectivity index is 1.77. The first kappa shape index (κ1) is 14.3. The van der Waals surface area contributed by atoms with E-state index in [0.717, 1.165) is 25.1 Å². The van der Waals surface area contributed by atoms with Gasteiger partial charge in [-0.3, -0.25) is 0 Å². The zero-order chi connectivity index (χ0) is 14.4. The van der Waals surface area contributed by atoms with Gasteiger partial charge in [-0.25, -0.2) is 4.79 Å². The molecule has 0 unspecified atom stereocenters. The van der Waals surface area contributed by atoms with Gasteiger partial charge in [0.2, 0.25) is 0 Å². The van der Waals surface area contributed by atoms with Crippen molar-refractivity contribution in [1.82, 2.24) is 5.32 Å². The molecule has 2 aromatic carbocycles. The van der Waals surface area contributed by atoms with Gasteiger partial charge in [-0.2, -0.15) is 0 Å². The largest absolute Gasteiger partial charge is 0.478 e. The predicted molar refractivity (Wildman–Crippen MR) is 80.0 cm³/mol. The third kappa shape index (κ3) is 4.21. The van der Waals surface area contributed by atoms with Crippen molar-refractivity contribution in [2.75, 3.05) is 6.54 Å². The number of carboxylic acid groups (broad SMARTS) is 1. The van der Waals surface area contributed by atoms with Crippen molar-refractivity contribution in [2.45, 2.75) is 19.9 Å². The van der Waals surface area contributed by atoms with Crippen LogP contribution in [0, 0.1) is 6.92 Å². The van der Waals surface area contributed by atoms with Crippen LogP contribution < -0.4 is 5.32 Å². The summed E-state index contributed by atoms with van der Waals surface area (Å²) in [5, 5.41) is 12.2. The van der Waals surface area contributed by atoms with Gasteiger partial charge >= 0.3 is 5.97 Å². The summed E-state index contributed by atoms with van der Waals surface area (Å²) in [6, 6.07) is 15.5. The van der Waals surface area contributed by atoms with Crippen molar-refractivity contribution in [3.05, 3.63) is 70.8 Å². The van der Waals surface area contributed by atoms with Crippen LogP contribution in [0.3, 0.4) is 0 Å². The molecule has 2 rings (SSSR count). The number of hydrogen-bond donors (Lipinski definition) is 2. The minimum Gasteiger partial charge on any atom is -0.478 e. The number of nitrogens with one attached hydrogen (secondary N) is 1. The lowest BCUT2D eigenvalue weighted by molar-refractivity contribution is 0.0697. The topological polar surface area (TPSA) is 49.3 Å². The molecule has 0 saturated heterocycles. The van der Waals surface area contributed by atoms with E-state index in [1.165, 1.54) is 11.1 Å². The van der Waals surface area contributed by atoms with Crippen LogP contribution in [0.5, 0.6) is 0 Å². The van der Waals surface area contributed by atoms with Crippen molar-refractivity contribution in [3.8, 4) is 0 Å². The number of aromatic carboxylic acids is 1. The molecule has 20 heavy (non-hydrogen) atoms. The van der Waals surface area contributed by atoms with Gasteiger partial charge in [0.05, 0.1) is 5.56 Å². The lowest BCUT2D eigenvalue weighted by Crippen LogP contribution is -2.16. The molecule has 0 aromatic heterocycles. The highest BCUT2D eigenvalue weighted by Crippen LogP contribution is 2.06. The molecule has 0 saturated carbocycles. The van der Waals surface area contributed by atoms with Crippen LogP contribution in [0.25, 0.3) is 0 Å². The smallest absolute Gasteiger partial charge is 0.335 e. The van der Waals surface area contributed by atoms with Gasteiger partial charge in [-0.05, 0) is 43.1 Å². The quantitative estimate of drug-likeness (QED) is 0.792. The summed E-state index contributed by atoms with van der Waals surface area (Å²) in [6.07, 6.45) is 0.995. The Labute approximate surface area is 119 Å². The van der Waals surface area contributed by atoms with E-state index >= 15 is 0 Å². The predicted octanol–water partition coefficient (Wildman–Crippen LogP) is 3.03. The normalized spacial score (nSPS) is 10.4. The Morgan fingerprint density at radius 2 is 1.85 bits per heavy atom. The Hall–Kier alpha value is -2.13. The van der Waals surface area contributed by atoms with E-state index in [1.54, 1.807) is 12.1 Å². The lowest BCUT2D eigenvalue weighted by Gasteiger charge is -2.06. The first-order valence-corrected chi connectivity index (χ1v) is 6.73. The van der Waals surface area contributed by atoms with E-state index in [1.807, 2.05) is 12.1 Å². The fourth-order valence-electron chi connectivity index (χ4n) is 2.10. The van der Waals surface area contributed by atoms with E-state index in [4.69, 9.17) is 5.11 Å². The number of aryl methyl sites for hydroxylation is 1. The fraction of sp³-hybridized carbons (Fsp3) is 0.235. The summed E-state index contributed by atoms with van der Waals surface area (Å²) in [6.45, 7) is 3.76. The minimum atomic E-state index is -0.885. The molecule has 0 atom stereocenters. The van der Waals surface area contributed by atoms with Crippen LogP contribution in [0.4, 0.5) is 0 Å². The van der Waals surface area contributed by atoms with E-state index in [2.05, 4.69) is 36.5 Å². The minimum absolute atomic E-state index is 0.327. The Morgan fingerprint density at radius 1 is 1.10 bits per heavy atom. The SMILES string of the molecule is Cc1cccc(CCNCc2ccc(C(=O)O)cc2)c1. The molecule has 0 aliphatic carbocycles. The third-order valence-corrected chi connectivity index (χ3v) is 3.20. The molecular formula is C17H19NO2. The number of benzene rings is 2. The Bertz CT molecular complexity index is 576. The summed E-state index contributed by atoms with van der Waals surface area (Å²) < 4.78 is 0. The molecular weight excluding hydrogens is 250 g/mol. The van der Waals surface area contributed by atoms with Gasteiger partial charge in [0, 0.05) is 6.54 Å². The molecule has 3 heteroatoms. The standard InChI is InChI=1S/C17H19NO2/c1-13-3-2-4-14(11-13)9-10-18-12-15-5-7-16(8-6-15)17(19)20/h2-8,11,18H,9-10,12H2,1H3,(H,19,20). The van der Waals surface area contributed by atoms with Gasteiger partial charge < -0.3 is 10.4 Å². The molecule has 2 aromatic rings. The van der Waals surface area contributed by atoms with E-state index < -0.39 is 5.97 Å². The molecule has 3 nitrogen and oxygen atoms in total. The second-order valence-electron chi connectivity index (χ2n) is 4.92. The molecule has 0 aliphatic rings. The number of rotatable bonds is 6. The van der Waals surface area contributed by atoms with Crippen LogP contribution in [0.1, 0.15) is 27.0 Å². The van der Waals surface area contributed by atoms with Gasteiger partial charge in [0.25, 0.3) is 0 Å². The molecule has 0 aliphatic heterocycles. The third-order valence-electron chi connectivity index (χ3n) is 3.20. The number of hydrogen-bond acceptors (Lipinski definition) is 2. The van der Waals surface area contributed by atoms with Crippen LogP contribution in [0.2, 0.25) is 0 Å². The zero-order valence-electron chi connectivity index (χ0n) is 11.6. The van der Waals surface area contributed by atoms with E-state index in [-0.39, 0.29) is 0 Å². The van der Waals surface area contributed by atoms with Crippen LogP contribution in [-0.2, 0) is 13.0 Å². The Morgan fingerprint density at radius 3 is 2.50 bits per heavy atom. The van der Waals surface area contributed by atoms with Crippen molar-refractivity contribution in [2.24, 2.45) is 0 Å². The average Bonchev–Trinajstić information content (AvgIpc) is 2.44. The van der Waals surface area contributed by atoms with Gasteiger partial charge in [0.1, 0.15) is 0 Å². The molecule has 0 fully saturated rings. The summed E-state index contributed by atoms with van der Waals surface area (Å²) in [7, 11) is 0. The summed E-state index contributed by atoms with van der Waals surface area (Å²) in [5.74, 6) is -0.885. The highest BCUT2D eigenvalue weighted by Gasteiger charge is 2.01. The molecule has 104 valence electrons. The van der Waals surface area contributed by atoms with Crippen molar-refractivity contribution in [3.63, 3.8) is 0 Å². The van der Waals surface area contributed by atoms with Gasteiger partial charge in [-0.1, -0.05) is 42.0 Å². The molecule has 0 amide bonds. The summed E-state index contributed by atoms with van der Waals surface area (Å²) in [4.78, 5) is 10.7. The zero-order valence-corrected chi connectivity index (χ0v) is 11.6. The highest BCUT2D eigenvalue weighted by atomic mass is 16.4. The monoisotopic (exact) mass is 269 g/mol. The molecule has 0 heterocycles. The van der Waals surface area contributed by atoms with Crippen molar-refractivity contribution in [1.29, 1.82) is 0 Å². The average molecular weight is 269 g/mol. The maximum absolute atomic E-state index is 10.7. The second-order valence-corrected chi connectivity index (χ2v) is 4.92. The van der Waals surface area contributed by atoms with E-state index in [9.17, 15) is 4.79 Å². The van der Waals surface area contributed by atoms with Gasteiger partial charge in [0.15, 0.2) is 0 Å². The number of carboxylic acids is 1. The van der Waals surface area contributed by atoms with Crippen molar-refractivity contribution >= 4 is 5.97 Å². The van der Waals surface area contributed by atoms with Gasteiger partial charge in [-0.15, -0.1) is 0 Å². The maximum atomic E-state index is 10.7.